The molecular weight excluding hydrogens is 188 g/mol. The summed E-state index contributed by atoms with van der Waals surface area (Å²) in [5.74, 6) is 1.46. The molecule has 0 spiro atoms. The highest BCUT2D eigenvalue weighted by molar-refractivity contribution is 5.41. The van der Waals surface area contributed by atoms with E-state index in [0.717, 1.165) is 24.0 Å². The molecule has 3 heteroatoms. The number of nitrogens with zero attached hydrogens (tertiary/aromatic N) is 1. The van der Waals surface area contributed by atoms with Crippen molar-refractivity contribution in [3.05, 3.63) is 17.8 Å². The molecule has 1 saturated carbocycles. The monoisotopic (exact) mass is 206 g/mol. The number of hydrogen-bond donors (Lipinski definition) is 1. The molecule has 0 atom stereocenters. The molecule has 2 rings (SSSR count). The van der Waals surface area contributed by atoms with Crippen LogP contribution in [0.15, 0.2) is 12.3 Å². The molecule has 2 N–H and O–H groups in total. The Labute approximate surface area is 90.7 Å². The standard InChI is InChI=1S/C12H18N2O/c1-9-6-11(13)7-14-12(9)15-8-10-4-2-3-5-10/h6-7,10H,2-5,8,13H2,1H3. The van der Waals surface area contributed by atoms with Gasteiger partial charge in [-0.2, -0.15) is 0 Å². The van der Waals surface area contributed by atoms with Gasteiger partial charge >= 0.3 is 0 Å². The zero-order valence-corrected chi connectivity index (χ0v) is 9.20. The van der Waals surface area contributed by atoms with Gasteiger partial charge in [0.2, 0.25) is 5.88 Å². The van der Waals surface area contributed by atoms with E-state index < -0.39 is 0 Å². The SMILES string of the molecule is Cc1cc(N)cnc1OCC1CCCC1. The van der Waals surface area contributed by atoms with E-state index >= 15 is 0 Å². The number of nitrogen functional groups attached to an aromatic ring is 1. The van der Waals surface area contributed by atoms with Gasteiger partial charge in [0.25, 0.3) is 0 Å². The number of hydrogen-bond acceptors (Lipinski definition) is 3. The molecule has 1 aromatic heterocycles. The Morgan fingerprint density at radius 2 is 2.20 bits per heavy atom. The minimum atomic E-state index is 0.695. The van der Waals surface area contributed by atoms with E-state index in [1.807, 2.05) is 13.0 Å². The Kier molecular flexibility index (Phi) is 3.09. The fourth-order valence-electron chi connectivity index (χ4n) is 2.11. The molecule has 1 aromatic rings. The van der Waals surface area contributed by atoms with Gasteiger partial charge in [-0.1, -0.05) is 12.8 Å². The van der Waals surface area contributed by atoms with Crippen molar-refractivity contribution in [1.82, 2.24) is 4.98 Å². The molecule has 0 amide bonds. The summed E-state index contributed by atoms with van der Waals surface area (Å²) in [6.45, 7) is 2.78. The molecule has 0 aliphatic heterocycles. The molecule has 82 valence electrons. The minimum Gasteiger partial charge on any atom is -0.477 e. The second-order valence-electron chi connectivity index (χ2n) is 4.35. The van der Waals surface area contributed by atoms with Crippen molar-refractivity contribution in [2.24, 2.45) is 5.92 Å². The molecule has 0 aromatic carbocycles. The van der Waals surface area contributed by atoms with Crippen LogP contribution in [-0.4, -0.2) is 11.6 Å². The van der Waals surface area contributed by atoms with Crippen LogP contribution in [0.3, 0.4) is 0 Å². The zero-order valence-electron chi connectivity index (χ0n) is 9.20. The van der Waals surface area contributed by atoms with Gasteiger partial charge in [0.15, 0.2) is 0 Å². The third kappa shape index (κ3) is 2.61. The van der Waals surface area contributed by atoms with Gasteiger partial charge in [-0.25, -0.2) is 4.98 Å². The number of ether oxygens (including phenoxy) is 1. The second-order valence-corrected chi connectivity index (χ2v) is 4.35. The average Bonchev–Trinajstić information content (AvgIpc) is 2.69. The fraction of sp³-hybridized carbons (Fsp3) is 0.583. The van der Waals surface area contributed by atoms with Crippen LogP contribution in [0.1, 0.15) is 31.2 Å². The van der Waals surface area contributed by atoms with E-state index in [2.05, 4.69) is 4.98 Å². The van der Waals surface area contributed by atoms with Crippen LogP contribution in [0.2, 0.25) is 0 Å². The number of aryl methyl sites for hydroxylation is 1. The molecular formula is C12H18N2O. The van der Waals surface area contributed by atoms with Gasteiger partial charge in [0.05, 0.1) is 18.5 Å². The topological polar surface area (TPSA) is 48.1 Å². The highest BCUT2D eigenvalue weighted by atomic mass is 16.5. The Hall–Kier alpha value is -1.25. The maximum atomic E-state index is 5.71. The van der Waals surface area contributed by atoms with Gasteiger partial charge in [-0.15, -0.1) is 0 Å². The quantitative estimate of drug-likeness (QED) is 0.826. The maximum Gasteiger partial charge on any atom is 0.216 e. The molecule has 0 unspecified atom stereocenters. The van der Waals surface area contributed by atoms with Crippen LogP contribution in [0.25, 0.3) is 0 Å². The molecule has 15 heavy (non-hydrogen) atoms. The van der Waals surface area contributed by atoms with Crippen LogP contribution < -0.4 is 10.5 Å². The van der Waals surface area contributed by atoms with Crippen LogP contribution in [0.4, 0.5) is 5.69 Å². The number of aromatic nitrogens is 1. The van der Waals surface area contributed by atoms with Crippen molar-refractivity contribution in [3.8, 4) is 5.88 Å². The summed E-state index contributed by atoms with van der Waals surface area (Å²) < 4.78 is 5.71. The Morgan fingerprint density at radius 1 is 1.47 bits per heavy atom. The Balaban J connectivity index is 1.92. The molecule has 0 saturated heterocycles. The fourth-order valence-corrected chi connectivity index (χ4v) is 2.11. The maximum absolute atomic E-state index is 5.71. The second kappa shape index (κ2) is 4.51. The lowest BCUT2D eigenvalue weighted by molar-refractivity contribution is 0.242. The van der Waals surface area contributed by atoms with E-state index in [1.54, 1.807) is 6.20 Å². The highest BCUT2D eigenvalue weighted by Gasteiger charge is 2.16. The lowest BCUT2D eigenvalue weighted by Gasteiger charge is -2.12. The third-order valence-electron chi connectivity index (χ3n) is 2.98. The molecule has 1 aliphatic rings. The van der Waals surface area contributed by atoms with Crippen molar-refractivity contribution in [1.29, 1.82) is 0 Å². The molecule has 3 nitrogen and oxygen atoms in total. The smallest absolute Gasteiger partial charge is 0.216 e. The largest absolute Gasteiger partial charge is 0.477 e. The predicted octanol–water partition coefficient (Wildman–Crippen LogP) is 2.54. The van der Waals surface area contributed by atoms with Crippen molar-refractivity contribution in [2.45, 2.75) is 32.6 Å². The number of pyridine rings is 1. The van der Waals surface area contributed by atoms with Gasteiger partial charge in [0.1, 0.15) is 0 Å². The lowest BCUT2D eigenvalue weighted by atomic mass is 10.1. The normalized spacial score (nSPS) is 16.9. The summed E-state index contributed by atoms with van der Waals surface area (Å²) in [7, 11) is 0. The van der Waals surface area contributed by atoms with Crippen LogP contribution >= 0.6 is 0 Å². The van der Waals surface area contributed by atoms with Crippen molar-refractivity contribution in [2.75, 3.05) is 12.3 Å². The van der Waals surface area contributed by atoms with Crippen molar-refractivity contribution in [3.63, 3.8) is 0 Å². The summed E-state index contributed by atoms with van der Waals surface area (Å²) in [6.07, 6.45) is 6.95. The first kappa shape index (κ1) is 10.3. The molecule has 0 radical (unpaired) electrons. The lowest BCUT2D eigenvalue weighted by Crippen LogP contribution is -2.09. The number of anilines is 1. The van der Waals surface area contributed by atoms with Gasteiger partial charge in [0, 0.05) is 5.56 Å². The van der Waals surface area contributed by atoms with Gasteiger partial charge in [-0.05, 0) is 31.7 Å². The van der Waals surface area contributed by atoms with Crippen LogP contribution in [0, 0.1) is 12.8 Å². The molecule has 0 bridgehead atoms. The van der Waals surface area contributed by atoms with E-state index in [9.17, 15) is 0 Å². The van der Waals surface area contributed by atoms with Crippen molar-refractivity contribution >= 4 is 5.69 Å². The Morgan fingerprint density at radius 3 is 2.87 bits per heavy atom. The Bertz CT molecular complexity index is 332. The van der Waals surface area contributed by atoms with Crippen LogP contribution in [-0.2, 0) is 0 Å². The van der Waals surface area contributed by atoms with Gasteiger partial charge < -0.3 is 10.5 Å². The average molecular weight is 206 g/mol. The van der Waals surface area contributed by atoms with E-state index in [-0.39, 0.29) is 0 Å². The number of nitrogens with two attached hydrogens (primary N) is 1. The first-order valence-electron chi connectivity index (χ1n) is 5.60. The summed E-state index contributed by atoms with van der Waals surface area (Å²) in [5, 5.41) is 0. The summed E-state index contributed by atoms with van der Waals surface area (Å²) in [6, 6.07) is 1.90. The molecule has 1 aliphatic carbocycles. The highest BCUT2D eigenvalue weighted by Crippen LogP contribution is 2.26. The predicted molar refractivity (Wildman–Crippen MR) is 60.8 cm³/mol. The summed E-state index contributed by atoms with van der Waals surface area (Å²) >= 11 is 0. The molecule has 1 fully saturated rings. The zero-order chi connectivity index (χ0) is 10.7. The first-order valence-corrected chi connectivity index (χ1v) is 5.60. The summed E-state index contributed by atoms with van der Waals surface area (Å²) in [4.78, 5) is 4.19. The first-order chi connectivity index (χ1) is 7.25. The summed E-state index contributed by atoms with van der Waals surface area (Å²) in [5.41, 5.74) is 7.34. The van der Waals surface area contributed by atoms with Crippen molar-refractivity contribution < 1.29 is 4.74 Å². The van der Waals surface area contributed by atoms with Gasteiger partial charge in [-0.3, -0.25) is 0 Å². The third-order valence-corrected chi connectivity index (χ3v) is 2.98. The molecule has 1 heterocycles. The van der Waals surface area contributed by atoms with E-state index in [1.165, 1.54) is 25.7 Å². The van der Waals surface area contributed by atoms with Crippen LogP contribution in [0.5, 0.6) is 5.88 Å². The van der Waals surface area contributed by atoms with E-state index in [4.69, 9.17) is 10.5 Å². The minimum absolute atomic E-state index is 0.695. The van der Waals surface area contributed by atoms with E-state index in [0.29, 0.717) is 5.69 Å². The number of rotatable bonds is 3.